The Morgan fingerprint density at radius 2 is 1.38 bits per heavy atom. The molecule has 3 heterocycles. The SMILES string of the molecule is O=C(c1ccncc1)c1ccc(N2CCN([C@H]3CC(=O)N(c4ccc(F)cc4)C3=O)CC2)cc1. The van der Waals surface area contributed by atoms with Crippen molar-refractivity contribution in [2.45, 2.75) is 12.5 Å². The van der Waals surface area contributed by atoms with Gasteiger partial charge in [-0.05, 0) is 60.7 Å². The molecule has 0 radical (unpaired) electrons. The Hall–Kier alpha value is -3.91. The molecule has 0 saturated carbocycles. The van der Waals surface area contributed by atoms with E-state index in [-0.39, 0.29) is 24.0 Å². The van der Waals surface area contributed by atoms with Gasteiger partial charge in [-0.15, -0.1) is 0 Å². The van der Waals surface area contributed by atoms with Gasteiger partial charge < -0.3 is 4.90 Å². The number of amides is 2. The third kappa shape index (κ3) is 4.20. The summed E-state index contributed by atoms with van der Waals surface area (Å²) in [7, 11) is 0. The van der Waals surface area contributed by atoms with Gasteiger partial charge in [0.05, 0.1) is 18.2 Å². The molecule has 7 nitrogen and oxygen atoms in total. The molecule has 2 aliphatic heterocycles. The number of hydrogen-bond acceptors (Lipinski definition) is 6. The zero-order valence-corrected chi connectivity index (χ0v) is 18.4. The first-order valence-corrected chi connectivity index (χ1v) is 11.2. The number of carbonyl (C=O) groups excluding carboxylic acids is 3. The van der Waals surface area contributed by atoms with E-state index in [9.17, 15) is 18.8 Å². The summed E-state index contributed by atoms with van der Waals surface area (Å²) < 4.78 is 13.2. The maximum absolute atomic E-state index is 13.2. The van der Waals surface area contributed by atoms with E-state index in [1.54, 1.807) is 24.5 Å². The van der Waals surface area contributed by atoms with Crippen molar-refractivity contribution in [1.82, 2.24) is 9.88 Å². The number of ketones is 1. The lowest BCUT2D eigenvalue weighted by Gasteiger charge is -2.38. The zero-order valence-electron chi connectivity index (χ0n) is 18.4. The van der Waals surface area contributed by atoms with E-state index < -0.39 is 11.9 Å². The Labute approximate surface area is 196 Å². The number of pyridine rings is 1. The number of benzene rings is 2. The van der Waals surface area contributed by atoms with E-state index in [0.717, 1.165) is 10.6 Å². The highest BCUT2D eigenvalue weighted by atomic mass is 19.1. The number of aromatic nitrogens is 1. The third-order valence-electron chi connectivity index (χ3n) is 6.40. The average molecular weight is 458 g/mol. The number of piperazine rings is 1. The van der Waals surface area contributed by atoms with Crippen LogP contribution in [0.3, 0.4) is 0 Å². The first-order valence-electron chi connectivity index (χ1n) is 11.2. The van der Waals surface area contributed by atoms with Crippen LogP contribution in [0, 0.1) is 5.82 Å². The highest BCUT2D eigenvalue weighted by molar-refractivity contribution is 6.22. The van der Waals surface area contributed by atoms with Crippen LogP contribution < -0.4 is 9.80 Å². The van der Waals surface area contributed by atoms with Gasteiger partial charge in [0.25, 0.3) is 5.91 Å². The molecule has 0 aliphatic carbocycles. The van der Waals surface area contributed by atoms with Crippen LogP contribution in [0.1, 0.15) is 22.3 Å². The second kappa shape index (κ2) is 9.15. The molecular formula is C26H23FN4O3. The Balaban J connectivity index is 1.21. The van der Waals surface area contributed by atoms with Gasteiger partial charge in [-0.3, -0.25) is 24.3 Å². The number of rotatable bonds is 5. The topological polar surface area (TPSA) is 73.8 Å². The largest absolute Gasteiger partial charge is 0.369 e. The summed E-state index contributed by atoms with van der Waals surface area (Å²) >= 11 is 0. The van der Waals surface area contributed by atoms with E-state index in [1.165, 1.54) is 24.3 Å². The van der Waals surface area contributed by atoms with Crippen LogP contribution in [0.15, 0.2) is 73.1 Å². The fourth-order valence-electron chi connectivity index (χ4n) is 4.55. The summed E-state index contributed by atoms with van der Waals surface area (Å²) in [4.78, 5) is 47.5. The number of imide groups is 1. The van der Waals surface area contributed by atoms with Crippen LogP contribution in [0.5, 0.6) is 0 Å². The van der Waals surface area contributed by atoms with E-state index in [4.69, 9.17) is 0 Å². The first-order chi connectivity index (χ1) is 16.5. The summed E-state index contributed by atoms with van der Waals surface area (Å²) in [5.74, 6) is -0.985. The zero-order chi connectivity index (χ0) is 23.7. The van der Waals surface area contributed by atoms with Crippen molar-refractivity contribution in [3.05, 3.63) is 90.0 Å². The summed E-state index contributed by atoms with van der Waals surface area (Å²) in [5, 5.41) is 0. The lowest BCUT2D eigenvalue weighted by atomic mass is 10.0. The van der Waals surface area contributed by atoms with Gasteiger partial charge in [-0.1, -0.05) is 0 Å². The first kappa shape index (κ1) is 21.9. The van der Waals surface area contributed by atoms with Crippen LogP contribution in [0.2, 0.25) is 0 Å². The van der Waals surface area contributed by atoms with Crippen molar-refractivity contribution < 1.29 is 18.8 Å². The second-order valence-corrected chi connectivity index (χ2v) is 8.40. The van der Waals surface area contributed by atoms with Gasteiger partial charge in [0.2, 0.25) is 5.91 Å². The van der Waals surface area contributed by atoms with Crippen molar-refractivity contribution in [3.63, 3.8) is 0 Å². The van der Waals surface area contributed by atoms with Gasteiger partial charge in [0.15, 0.2) is 5.78 Å². The molecule has 0 bridgehead atoms. The summed E-state index contributed by atoms with van der Waals surface area (Å²) in [6, 6.07) is 15.8. The van der Waals surface area contributed by atoms with Crippen molar-refractivity contribution >= 4 is 29.0 Å². The van der Waals surface area contributed by atoms with Crippen molar-refractivity contribution in [1.29, 1.82) is 0 Å². The normalized spacial score (nSPS) is 19.0. The maximum Gasteiger partial charge on any atom is 0.251 e. The summed E-state index contributed by atoms with van der Waals surface area (Å²) in [6.07, 6.45) is 3.33. The molecule has 0 N–H and O–H groups in total. The molecular weight excluding hydrogens is 435 g/mol. The van der Waals surface area contributed by atoms with Crippen LogP contribution in [-0.2, 0) is 9.59 Å². The smallest absolute Gasteiger partial charge is 0.251 e. The van der Waals surface area contributed by atoms with Crippen LogP contribution in [0.25, 0.3) is 0 Å². The van der Waals surface area contributed by atoms with Gasteiger partial charge >= 0.3 is 0 Å². The lowest BCUT2D eigenvalue weighted by Crippen LogP contribution is -2.52. The van der Waals surface area contributed by atoms with Crippen LogP contribution in [0.4, 0.5) is 15.8 Å². The quantitative estimate of drug-likeness (QED) is 0.433. The molecule has 2 amide bonds. The monoisotopic (exact) mass is 458 g/mol. The lowest BCUT2D eigenvalue weighted by molar-refractivity contribution is -0.123. The van der Waals surface area contributed by atoms with E-state index in [0.29, 0.717) is 43.0 Å². The summed E-state index contributed by atoms with van der Waals surface area (Å²) in [6.45, 7) is 2.68. The molecule has 1 atom stereocenters. The Morgan fingerprint density at radius 1 is 0.794 bits per heavy atom. The van der Waals surface area contributed by atoms with Crippen LogP contribution >= 0.6 is 0 Å². The molecule has 2 saturated heterocycles. The molecule has 2 fully saturated rings. The Bertz CT molecular complexity index is 1210. The second-order valence-electron chi connectivity index (χ2n) is 8.40. The number of carbonyl (C=O) groups is 3. The highest BCUT2D eigenvalue weighted by Gasteiger charge is 2.43. The minimum Gasteiger partial charge on any atom is -0.369 e. The van der Waals surface area contributed by atoms with E-state index in [1.807, 2.05) is 29.2 Å². The predicted molar refractivity (Wildman–Crippen MR) is 125 cm³/mol. The molecule has 1 aromatic heterocycles. The van der Waals surface area contributed by atoms with Crippen molar-refractivity contribution in [3.8, 4) is 0 Å². The predicted octanol–water partition coefficient (Wildman–Crippen LogP) is 2.91. The molecule has 2 aromatic carbocycles. The molecule has 172 valence electrons. The molecule has 3 aromatic rings. The minimum atomic E-state index is -0.500. The highest BCUT2D eigenvalue weighted by Crippen LogP contribution is 2.27. The molecule has 34 heavy (non-hydrogen) atoms. The fourth-order valence-corrected chi connectivity index (χ4v) is 4.55. The molecule has 0 spiro atoms. The minimum absolute atomic E-state index is 0.0473. The van der Waals surface area contributed by atoms with Crippen molar-refractivity contribution in [2.75, 3.05) is 36.0 Å². The third-order valence-corrected chi connectivity index (χ3v) is 6.40. The van der Waals surface area contributed by atoms with E-state index in [2.05, 4.69) is 9.88 Å². The number of hydrogen-bond donors (Lipinski definition) is 0. The molecule has 5 rings (SSSR count). The molecule has 0 unspecified atom stereocenters. The standard InChI is InChI=1S/C26H23FN4O3/c27-20-3-7-22(8-4-20)31-24(32)17-23(26(31)34)30-15-13-29(14-16-30)21-5-1-18(2-6-21)25(33)19-9-11-28-12-10-19/h1-12,23H,13-17H2/t23-/m0/s1. The Morgan fingerprint density at radius 3 is 2.03 bits per heavy atom. The van der Waals surface area contributed by atoms with Gasteiger partial charge in [-0.25, -0.2) is 9.29 Å². The van der Waals surface area contributed by atoms with Gasteiger partial charge in [0.1, 0.15) is 5.82 Å². The van der Waals surface area contributed by atoms with Gasteiger partial charge in [-0.2, -0.15) is 0 Å². The average Bonchev–Trinajstić information content (AvgIpc) is 3.18. The molecule has 2 aliphatic rings. The number of anilines is 2. The van der Waals surface area contributed by atoms with Crippen molar-refractivity contribution in [2.24, 2.45) is 0 Å². The summed E-state index contributed by atoms with van der Waals surface area (Å²) in [5.41, 5.74) is 2.62. The molecule has 8 heteroatoms. The number of halogens is 1. The number of nitrogens with zero attached hydrogens (tertiary/aromatic N) is 4. The van der Waals surface area contributed by atoms with Crippen LogP contribution in [-0.4, -0.2) is 59.7 Å². The Kier molecular flexibility index (Phi) is 5.90. The van der Waals surface area contributed by atoms with Gasteiger partial charge in [0, 0.05) is 55.4 Å². The maximum atomic E-state index is 13.2. The van der Waals surface area contributed by atoms with E-state index >= 15 is 0 Å². The fraction of sp³-hybridized carbons (Fsp3) is 0.231.